The molecule has 3 rings (SSSR count). The number of sulfonamides is 1. The van der Waals surface area contributed by atoms with Gasteiger partial charge in [-0.25, -0.2) is 13.1 Å². The second-order valence-corrected chi connectivity index (χ2v) is 9.00. The van der Waals surface area contributed by atoms with Crippen molar-refractivity contribution in [2.45, 2.75) is 49.3 Å². The Balaban J connectivity index is 1.53. The standard InChI is InChI=1S/C18H26N2O5S/c1-25-12-14-4-6-17(7-5-14)26(23,24)19-15-8-16(9-15)20(11-18(21)22)10-13-2-3-13/h4-7,13,15-16,19H,2-3,8-12H2,1H3,(H,21,22). The number of hydrogen-bond acceptors (Lipinski definition) is 5. The molecule has 0 amide bonds. The van der Waals surface area contributed by atoms with Gasteiger partial charge in [0.1, 0.15) is 0 Å². The van der Waals surface area contributed by atoms with Crippen molar-refractivity contribution in [3.05, 3.63) is 29.8 Å². The fraction of sp³-hybridized carbons (Fsp3) is 0.611. The van der Waals surface area contributed by atoms with E-state index in [2.05, 4.69) is 4.72 Å². The molecule has 0 heterocycles. The molecule has 2 aliphatic carbocycles. The van der Waals surface area contributed by atoms with E-state index in [4.69, 9.17) is 9.84 Å². The lowest BCUT2D eigenvalue weighted by Crippen LogP contribution is -2.55. The predicted molar refractivity (Wildman–Crippen MR) is 96.2 cm³/mol. The normalized spacial score (nSPS) is 23.0. The van der Waals surface area contributed by atoms with Crippen LogP contribution in [0.4, 0.5) is 0 Å². The Morgan fingerprint density at radius 3 is 2.46 bits per heavy atom. The summed E-state index contributed by atoms with van der Waals surface area (Å²) in [4.78, 5) is 13.3. The Bertz CT molecular complexity index is 724. The number of aliphatic carboxylic acids is 1. The van der Waals surface area contributed by atoms with E-state index in [1.807, 2.05) is 4.90 Å². The van der Waals surface area contributed by atoms with Gasteiger partial charge in [0, 0.05) is 25.7 Å². The number of nitrogens with zero attached hydrogens (tertiary/aromatic N) is 1. The summed E-state index contributed by atoms with van der Waals surface area (Å²) in [5.41, 5.74) is 0.916. The average Bonchev–Trinajstić information content (AvgIpc) is 3.34. The van der Waals surface area contributed by atoms with E-state index in [1.54, 1.807) is 31.4 Å². The monoisotopic (exact) mass is 382 g/mol. The largest absolute Gasteiger partial charge is 0.480 e. The Kier molecular flexibility index (Phi) is 5.96. The Morgan fingerprint density at radius 2 is 1.92 bits per heavy atom. The molecule has 0 atom stereocenters. The van der Waals surface area contributed by atoms with E-state index in [9.17, 15) is 13.2 Å². The summed E-state index contributed by atoms with van der Waals surface area (Å²) in [6.45, 7) is 1.28. The van der Waals surface area contributed by atoms with Gasteiger partial charge in [0.2, 0.25) is 10.0 Å². The molecule has 144 valence electrons. The van der Waals surface area contributed by atoms with Crippen molar-refractivity contribution in [1.82, 2.24) is 9.62 Å². The lowest BCUT2D eigenvalue weighted by molar-refractivity contribution is -0.139. The quantitative estimate of drug-likeness (QED) is 0.636. The van der Waals surface area contributed by atoms with Crippen LogP contribution < -0.4 is 4.72 Å². The van der Waals surface area contributed by atoms with Gasteiger partial charge in [-0.1, -0.05) is 12.1 Å². The molecule has 0 unspecified atom stereocenters. The summed E-state index contributed by atoms with van der Waals surface area (Å²) in [5, 5.41) is 9.09. The summed E-state index contributed by atoms with van der Waals surface area (Å²) in [7, 11) is -1.97. The molecule has 8 heteroatoms. The average molecular weight is 382 g/mol. The summed E-state index contributed by atoms with van der Waals surface area (Å²) in [6, 6.07) is 6.65. The smallest absolute Gasteiger partial charge is 0.317 e. The first-order valence-corrected chi connectivity index (χ1v) is 10.4. The van der Waals surface area contributed by atoms with Gasteiger partial charge in [0.15, 0.2) is 0 Å². The molecule has 7 nitrogen and oxygen atoms in total. The first kappa shape index (κ1) is 19.3. The van der Waals surface area contributed by atoms with Crippen LogP contribution >= 0.6 is 0 Å². The number of carboxylic acids is 1. The number of ether oxygens (including phenoxy) is 1. The fourth-order valence-electron chi connectivity index (χ4n) is 3.35. The molecular weight excluding hydrogens is 356 g/mol. The number of nitrogens with one attached hydrogen (secondary N) is 1. The molecule has 1 aromatic carbocycles. The van der Waals surface area contributed by atoms with E-state index in [0.29, 0.717) is 25.4 Å². The summed E-state index contributed by atoms with van der Waals surface area (Å²) < 4.78 is 32.8. The molecular formula is C18H26N2O5S. The fourth-order valence-corrected chi connectivity index (χ4v) is 4.61. The van der Waals surface area contributed by atoms with Crippen LogP contribution in [0.15, 0.2) is 29.2 Å². The molecule has 0 bridgehead atoms. The lowest BCUT2D eigenvalue weighted by atomic mass is 9.86. The van der Waals surface area contributed by atoms with Gasteiger partial charge in [0.05, 0.1) is 18.0 Å². The Labute approximate surface area is 154 Å². The minimum atomic E-state index is -3.56. The van der Waals surface area contributed by atoms with Crippen molar-refractivity contribution in [2.24, 2.45) is 5.92 Å². The Morgan fingerprint density at radius 1 is 1.27 bits per heavy atom. The van der Waals surface area contributed by atoms with Crippen LogP contribution in [0.3, 0.4) is 0 Å². The van der Waals surface area contributed by atoms with E-state index in [1.165, 1.54) is 0 Å². The van der Waals surface area contributed by atoms with Gasteiger partial charge in [-0.2, -0.15) is 0 Å². The van der Waals surface area contributed by atoms with Crippen molar-refractivity contribution in [2.75, 3.05) is 20.2 Å². The van der Waals surface area contributed by atoms with Crippen LogP contribution in [0.25, 0.3) is 0 Å². The van der Waals surface area contributed by atoms with Crippen molar-refractivity contribution < 1.29 is 23.1 Å². The number of carbonyl (C=O) groups is 1. The van der Waals surface area contributed by atoms with E-state index < -0.39 is 16.0 Å². The molecule has 1 aromatic rings. The zero-order valence-corrected chi connectivity index (χ0v) is 15.7. The zero-order chi connectivity index (χ0) is 18.7. The number of hydrogen-bond donors (Lipinski definition) is 2. The van der Waals surface area contributed by atoms with E-state index in [-0.39, 0.29) is 23.5 Å². The molecule has 2 aliphatic rings. The van der Waals surface area contributed by atoms with Crippen LogP contribution in [0.1, 0.15) is 31.2 Å². The Hall–Kier alpha value is -1.48. The van der Waals surface area contributed by atoms with Gasteiger partial charge in [-0.3, -0.25) is 9.69 Å². The van der Waals surface area contributed by atoms with Gasteiger partial charge in [-0.15, -0.1) is 0 Å². The van der Waals surface area contributed by atoms with Gasteiger partial charge in [0.25, 0.3) is 0 Å². The maximum atomic E-state index is 12.5. The predicted octanol–water partition coefficient (Wildman–Crippen LogP) is 1.44. The minimum Gasteiger partial charge on any atom is -0.480 e. The summed E-state index contributed by atoms with van der Waals surface area (Å²) in [6.07, 6.45) is 3.64. The van der Waals surface area contributed by atoms with Crippen molar-refractivity contribution >= 4 is 16.0 Å². The first-order valence-electron chi connectivity index (χ1n) is 8.93. The molecule has 0 spiro atoms. The zero-order valence-electron chi connectivity index (χ0n) is 14.9. The maximum absolute atomic E-state index is 12.5. The highest BCUT2D eigenvalue weighted by atomic mass is 32.2. The van der Waals surface area contributed by atoms with Crippen LogP contribution in [-0.2, 0) is 26.2 Å². The number of carboxylic acid groups (broad SMARTS) is 1. The van der Waals surface area contributed by atoms with E-state index >= 15 is 0 Å². The second kappa shape index (κ2) is 8.04. The third-order valence-electron chi connectivity index (χ3n) is 5.02. The maximum Gasteiger partial charge on any atom is 0.317 e. The number of rotatable bonds is 10. The van der Waals surface area contributed by atoms with Crippen molar-refractivity contribution in [3.8, 4) is 0 Å². The molecule has 2 fully saturated rings. The topological polar surface area (TPSA) is 95.9 Å². The highest BCUT2D eigenvalue weighted by molar-refractivity contribution is 7.89. The van der Waals surface area contributed by atoms with Crippen LogP contribution in [-0.4, -0.2) is 56.7 Å². The van der Waals surface area contributed by atoms with Crippen LogP contribution in [0, 0.1) is 5.92 Å². The van der Waals surface area contributed by atoms with Crippen LogP contribution in [0.2, 0.25) is 0 Å². The molecule has 0 radical (unpaired) electrons. The van der Waals surface area contributed by atoms with Crippen LogP contribution in [0.5, 0.6) is 0 Å². The lowest BCUT2D eigenvalue weighted by Gasteiger charge is -2.42. The number of methoxy groups -OCH3 is 1. The third-order valence-corrected chi connectivity index (χ3v) is 6.56. The van der Waals surface area contributed by atoms with Gasteiger partial charge >= 0.3 is 5.97 Å². The summed E-state index contributed by atoms with van der Waals surface area (Å²) in [5.74, 6) is -0.221. The second-order valence-electron chi connectivity index (χ2n) is 7.29. The third kappa shape index (κ3) is 5.03. The van der Waals surface area contributed by atoms with Crippen molar-refractivity contribution in [1.29, 1.82) is 0 Å². The van der Waals surface area contributed by atoms with Gasteiger partial charge in [-0.05, 0) is 49.3 Å². The molecule has 0 aromatic heterocycles. The molecule has 0 aliphatic heterocycles. The van der Waals surface area contributed by atoms with Gasteiger partial charge < -0.3 is 9.84 Å². The van der Waals surface area contributed by atoms with E-state index in [0.717, 1.165) is 24.9 Å². The SMILES string of the molecule is COCc1ccc(S(=O)(=O)NC2CC(N(CC(=O)O)CC3CC3)C2)cc1. The number of benzene rings is 1. The molecule has 0 saturated heterocycles. The van der Waals surface area contributed by atoms with Crippen molar-refractivity contribution in [3.63, 3.8) is 0 Å². The minimum absolute atomic E-state index is 0.0294. The highest BCUT2D eigenvalue weighted by Crippen LogP contribution is 2.34. The highest BCUT2D eigenvalue weighted by Gasteiger charge is 2.38. The molecule has 2 saturated carbocycles. The molecule has 26 heavy (non-hydrogen) atoms. The molecule has 2 N–H and O–H groups in total. The first-order chi connectivity index (χ1) is 12.4. The summed E-state index contributed by atoms with van der Waals surface area (Å²) >= 11 is 0.